The molecule has 98 valence electrons. The van der Waals surface area contributed by atoms with Crippen LogP contribution in [0.25, 0.3) is 0 Å². The predicted octanol–water partition coefficient (Wildman–Crippen LogP) is 4.34. The second-order valence-corrected chi connectivity index (χ2v) is 5.54. The van der Waals surface area contributed by atoms with Gasteiger partial charge in [0, 0.05) is 17.2 Å². The Kier molecular flexibility index (Phi) is 4.05. The quantitative estimate of drug-likeness (QED) is 0.806. The van der Waals surface area contributed by atoms with Crippen molar-refractivity contribution in [3.63, 3.8) is 0 Å². The lowest BCUT2D eigenvalue weighted by molar-refractivity contribution is 0.0992. The van der Waals surface area contributed by atoms with E-state index in [4.69, 9.17) is 0 Å². The molecule has 2 nitrogen and oxygen atoms in total. The van der Waals surface area contributed by atoms with Crippen LogP contribution >= 0.6 is 15.9 Å². The Hall–Kier alpha value is -1.61. The highest BCUT2D eigenvalue weighted by Gasteiger charge is 2.16. The van der Waals surface area contributed by atoms with E-state index in [1.807, 2.05) is 50.2 Å². The molecular weight excluding hydrogens is 302 g/mol. The number of aryl methyl sites for hydroxylation is 2. The van der Waals surface area contributed by atoms with Crippen LogP contribution in [0.3, 0.4) is 0 Å². The van der Waals surface area contributed by atoms with Crippen molar-refractivity contribution < 1.29 is 4.79 Å². The number of anilines is 1. The summed E-state index contributed by atoms with van der Waals surface area (Å²) in [6.07, 6.45) is 0. The number of hydrogen-bond donors (Lipinski definition) is 0. The Bertz CT molecular complexity index is 602. The Balaban J connectivity index is 2.36. The van der Waals surface area contributed by atoms with Gasteiger partial charge in [-0.05, 0) is 65.2 Å². The van der Waals surface area contributed by atoms with Crippen LogP contribution in [0.5, 0.6) is 0 Å². The molecule has 0 spiro atoms. The van der Waals surface area contributed by atoms with Crippen LogP contribution in [-0.2, 0) is 0 Å². The fourth-order valence-electron chi connectivity index (χ4n) is 2.08. The topological polar surface area (TPSA) is 20.3 Å². The molecule has 2 aromatic carbocycles. The third-order valence-electron chi connectivity index (χ3n) is 3.00. The first-order valence-electron chi connectivity index (χ1n) is 6.10. The van der Waals surface area contributed by atoms with Crippen molar-refractivity contribution in [2.45, 2.75) is 13.8 Å². The summed E-state index contributed by atoms with van der Waals surface area (Å²) < 4.78 is 0.816. The van der Waals surface area contributed by atoms with Gasteiger partial charge in [0.25, 0.3) is 5.91 Å². The highest BCUT2D eigenvalue weighted by molar-refractivity contribution is 9.10. The summed E-state index contributed by atoms with van der Waals surface area (Å²) in [7, 11) is 1.80. The minimum atomic E-state index is -0.0162. The van der Waals surface area contributed by atoms with Crippen LogP contribution in [0.15, 0.2) is 46.9 Å². The lowest BCUT2D eigenvalue weighted by Gasteiger charge is -2.19. The molecule has 2 rings (SSSR count). The lowest BCUT2D eigenvalue weighted by atomic mass is 10.1. The zero-order valence-corrected chi connectivity index (χ0v) is 12.9. The number of halogens is 1. The van der Waals surface area contributed by atoms with Gasteiger partial charge >= 0.3 is 0 Å². The van der Waals surface area contributed by atoms with E-state index in [0.717, 1.165) is 21.3 Å². The molecule has 0 unspecified atom stereocenters. The number of rotatable bonds is 2. The maximum Gasteiger partial charge on any atom is 0.259 e. The monoisotopic (exact) mass is 317 g/mol. The maximum absolute atomic E-state index is 12.5. The van der Waals surface area contributed by atoms with Gasteiger partial charge in [0.15, 0.2) is 0 Å². The number of carbonyl (C=O) groups is 1. The van der Waals surface area contributed by atoms with Gasteiger partial charge in [-0.25, -0.2) is 0 Å². The number of nitrogens with zero attached hydrogens (tertiary/aromatic N) is 1. The van der Waals surface area contributed by atoms with Crippen LogP contribution < -0.4 is 4.90 Å². The molecule has 19 heavy (non-hydrogen) atoms. The summed E-state index contributed by atoms with van der Waals surface area (Å²) in [5.41, 5.74) is 3.89. The minimum Gasteiger partial charge on any atom is -0.311 e. The smallest absolute Gasteiger partial charge is 0.259 e. The van der Waals surface area contributed by atoms with Crippen LogP contribution in [0, 0.1) is 13.8 Å². The van der Waals surface area contributed by atoms with Crippen molar-refractivity contribution in [3.8, 4) is 0 Å². The highest BCUT2D eigenvalue weighted by Crippen LogP contribution is 2.22. The molecule has 0 atom stereocenters. The predicted molar refractivity (Wildman–Crippen MR) is 82.8 cm³/mol. The van der Waals surface area contributed by atoms with E-state index < -0.39 is 0 Å². The van der Waals surface area contributed by atoms with Crippen molar-refractivity contribution in [1.82, 2.24) is 0 Å². The average Bonchev–Trinajstić information content (AvgIpc) is 2.36. The largest absolute Gasteiger partial charge is 0.311 e. The molecule has 0 bridgehead atoms. The number of benzene rings is 2. The first kappa shape index (κ1) is 13.8. The van der Waals surface area contributed by atoms with E-state index in [2.05, 4.69) is 22.0 Å². The van der Waals surface area contributed by atoms with Gasteiger partial charge < -0.3 is 4.90 Å². The second kappa shape index (κ2) is 5.57. The average molecular weight is 318 g/mol. The Labute approximate surface area is 122 Å². The molecule has 0 radical (unpaired) electrons. The van der Waals surface area contributed by atoms with Crippen molar-refractivity contribution in [3.05, 3.63) is 63.6 Å². The fraction of sp³-hybridized carbons (Fsp3) is 0.188. The SMILES string of the molecule is Cc1cc(C)cc(N(C)C(=O)c2ccccc2Br)c1. The molecule has 2 aromatic rings. The lowest BCUT2D eigenvalue weighted by Crippen LogP contribution is -2.26. The van der Waals surface area contributed by atoms with Gasteiger partial charge in [-0.1, -0.05) is 18.2 Å². The number of hydrogen-bond acceptors (Lipinski definition) is 1. The molecule has 1 amide bonds. The van der Waals surface area contributed by atoms with Crippen LogP contribution in [0.4, 0.5) is 5.69 Å². The summed E-state index contributed by atoms with van der Waals surface area (Å²) in [5, 5.41) is 0. The summed E-state index contributed by atoms with van der Waals surface area (Å²) >= 11 is 3.42. The van der Waals surface area contributed by atoms with Gasteiger partial charge in [-0.2, -0.15) is 0 Å². The van der Waals surface area contributed by atoms with E-state index in [1.54, 1.807) is 11.9 Å². The molecule has 0 aromatic heterocycles. The van der Waals surface area contributed by atoms with Gasteiger partial charge in [0.2, 0.25) is 0 Å². The van der Waals surface area contributed by atoms with Crippen molar-refractivity contribution in [1.29, 1.82) is 0 Å². The first-order chi connectivity index (χ1) is 8.99. The Morgan fingerprint density at radius 2 is 1.63 bits per heavy atom. The van der Waals surface area contributed by atoms with Gasteiger partial charge in [-0.15, -0.1) is 0 Å². The summed E-state index contributed by atoms with van der Waals surface area (Å²) in [6, 6.07) is 13.6. The molecule has 0 saturated carbocycles. The molecule has 0 aliphatic rings. The highest BCUT2D eigenvalue weighted by atomic mass is 79.9. The Morgan fingerprint density at radius 3 is 2.21 bits per heavy atom. The van der Waals surface area contributed by atoms with Crippen molar-refractivity contribution in [2.24, 2.45) is 0 Å². The first-order valence-corrected chi connectivity index (χ1v) is 6.89. The van der Waals surface area contributed by atoms with E-state index in [1.165, 1.54) is 0 Å². The molecule has 0 heterocycles. The normalized spacial score (nSPS) is 10.3. The van der Waals surface area contributed by atoms with Crippen LogP contribution in [-0.4, -0.2) is 13.0 Å². The van der Waals surface area contributed by atoms with Crippen LogP contribution in [0.1, 0.15) is 21.5 Å². The summed E-state index contributed by atoms with van der Waals surface area (Å²) in [6.45, 7) is 4.07. The standard InChI is InChI=1S/C16H16BrNO/c1-11-8-12(2)10-13(9-11)18(3)16(19)14-6-4-5-7-15(14)17/h4-10H,1-3H3. The van der Waals surface area contributed by atoms with E-state index in [9.17, 15) is 4.79 Å². The molecule has 0 aliphatic heterocycles. The molecule has 0 N–H and O–H groups in total. The van der Waals surface area contributed by atoms with E-state index in [-0.39, 0.29) is 5.91 Å². The van der Waals surface area contributed by atoms with E-state index >= 15 is 0 Å². The van der Waals surface area contributed by atoms with Crippen molar-refractivity contribution >= 4 is 27.5 Å². The van der Waals surface area contributed by atoms with Gasteiger partial charge in [0.1, 0.15) is 0 Å². The van der Waals surface area contributed by atoms with E-state index in [0.29, 0.717) is 5.56 Å². The molecular formula is C16H16BrNO. The maximum atomic E-state index is 12.5. The van der Waals surface area contributed by atoms with Gasteiger partial charge in [0.05, 0.1) is 5.56 Å². The third-order valence-corrected chi connectivity index (χ3v) is 3.69. The molecule has 3 heteroatoms. The zero-order chi connectivity index (χ0) is 14.0. The summed E-state index contributed by atoms with van der Waals surface area (Å²) in [4.78, 5) is 14.2. The molecule has 0 aliphatic carbocycles. The molecule has 0 saturated heterocycles. The van der Waals surface area contributed by atoms with Crippen molar-refractivity contribution in [2.75, 3.05) is 11.9 Å². The Morgan fingerprint density at radius 1 is 1.05 bits per heavy atom. The second-order valence-electron chi connectivity index (χ2n) is 4.69. The third kappa shape index (κ3) is 3.04. The molecule has 0 fully saturated rings. The number of amides is 1. The minimum absolute atomic E-state index is 0.0162. The zero-order valence-electron chi connectivity index (χ0n) is 11.3. The number of carbonyl (C=O) groups excluding carboxylic acids is 1. The fourth-order valence-corrected chi connectivity index (χ4v) is 2.53. The van der Waals surface area contributed by atoms with Crippen LogP contribution in [0.2, 0.25) is 0 Å². The summed E-state index contributed by atoms with van der Waals surface area (Å²) in [5.74, 6) is -0.0162. The van der Waals surface area contributed by atoms with Gasteiger partial charge in [-0.3, -0.25) is 4.79 Å².